The van der Waals surface area contributed by atoms with Crippen molar-refractivity contribution in [1.82, 2.24) is 5.32 Å². The van der Waals surface area contributed by atoms with Crippen LogP contribution in [-0.2, 0) is 0 Å². The molecule has 0 amide bonds. The molecule has 0 aromatic heterocycles. The summed E-state index contributed by atoms with van der Waals surface area (Å²) >= 11 is 0. The minimum atomic E-state index is 0.342. The first-order chi connectivity index (χ1) is 15.0. The Bertz CT molecular complexity index is 865. The Kier molecular flexibility index (Phi) is 9.43. The van der Waals surface area contributed by atoms with Crippen molar-refractivity contribution in [2.45, 2.75) is 87.1 Å². The van der Waals surface area contributed by atoms with E-state index in [1.165, 1.54) is 35.1 Å². The number of allylic oxidation sites excluding steroid dienone is 4. The highest BCUT2D eigenvalue weighted by Crippen LogP contribution is 2.43. The summed E-state index contributed by atoms with van der Waals surface area (Å²) in [5.41, 5.74) is 10.3. The van der Waals surface area contributed by atoms with Crippen LogP contribution in [0.5, 0.6) is 0 Å². The van der Waals surface area contributed by atoms with Gasteiger partial charge in [0.25, 0.3) is 0 Å². The second-order valence-electron chi connectivity index (χ2n) is 10.3. The molecule has 0 aliphatic heterocycles. The molecule has 1 fully saturated rings. The van der Waals surface area contributed by atoms with Gasteiger partial charge in [0.2, 0.25) is 0 Å². The maximum atomic E-state index is 4.49. The molecule has 0 heterocycles. The van der Waals surface area contributed by atoms with Gasteiger partial charge in [-0.2, -0.15) is 0 Å². The van der Waals surface area contributed by atoms with Gasteiger partial charge in [-0.05, 0) is 89.0 Å². The van der Waals surface area contributed by atoms with E-state index in [0.29, 0.717) is 23.8 Å². The monoisotopic (exact) mass is 434 g/mol. The molecule has 1 aromatic carbocycles. The molecule has 1 aliphatic rings. The van der Waals surface area contributed by atoms with Crippen molar-refractivity contribution >= 4 is 11.3 Å². The molecule has 4 atom stereocenters. The highest BCUT2D eigenvalue weighted by atomic mass is 14.9. The number of hydrogen-bond donors (Lipinski definition) is 2. The van der Waals surface area contributed by atoms with E-state index in [-0.39, 0.29) is 0 Å². The molecule has 176 valence electrons. The molecular formula is C30H46N2. The molecule has 2 nitrogen and oxygen atoms in total. The normalized spacial score (nSPS) is 21.5. The molecule has 4 unspecified atom stereocenters. The predicted molar refractivity (Wildman–Crippen MR) is 144 cm³/mol. The van der Waals surface area contributed by atoms with E-state index in [4.69, 9.17) is 0 Å². The van der Waals surface area contributed by atoms with Crippen molar-refractivity contribution in [2.24, 2.45) is 17.8 Å². The van der Waals surface area contributed by atoms with Crippen molar-refractivity contribution in [2.75, 3.05) is 5.32 Å². The lowest BCUT2D eigenvalue weighted by molar-refractivity contribution is 0.412. The van der Waals surface area contributed by atoms with Crippen LogP contribution in [0.4, 0.5) is 5.69 Å². The van der Waals surface area contributed by atoms with E-state index in [0.717, 1.165) is 29.9 Å². The van der Waals surface area contributed by atoms with Crippen LogP contribution >= 0.6 is 0 Å². The van der Waals surface area contributed by atoms with Gasteiger partial charge in [-0.15, -0.1) is 0 Å². The molecule has 32 heavy (non-hydrogen) atoms. The Morgan fingerprint density at radius 2 is 1.69 bits per heavy atom. The summed E-state index contributed by atoms with van der Waals surface area (Å²) in [5, 5.41) is 7.32. The summed E-state index contributed by atoms with van der Waals surface area (Å²) in [6.45, 7) is 26.5. The average molecular weight is 435 g/mol. The predicted octanol–water partition coefficient (Wildman–Crippen LogP) is 8.72. The Morgan fingerprint density at radius 1 is 1.06 bits per heavy atom. The molecule has 2 rings (SSSR count). The lowest BCUT2D eigenvalue weighted by atomic mass is 9.85. The Balaban J connectivity index is 2.27. The number of benzene rings is 1. The fourth-order valence-corrected chi connectivity index (χ4v) is 5.06. The van der Waals surface area contributed by atoms with Gasteiger partial charge in [0, 0.05) is 29.0 Å². The van der Waals surface area contributed by atoms with Crippen molar-refractivity contribution < 1.29 is 0 Å². The minimum Gasteiger partial charge on any atom is -0.382 e. The van der Waals surface area contributed by atoms with Gasteiger partial charge in [-0.25, -0.2) is 0 Å². The number of rotatable bonds is 10. The fourth-order valence-electron chi connectivity index (χ4n) is 5.06. The summed E-state index contributed by atoms with van der Waals surface area (Å²) in [5.74, 6) is 1.64. The maximum Gasteiger partial charge on any atom is 0.0496 e. The topological polar surface area (TPSA) is 24.1 Å². The van der Waals surface area contributed by atoms with Crippen LogP contribution < -0.4 is 10.6 Å². The van der Waals surface area contributed by atoms with Crippen molar-refractivity contribution in [1.29, 1.82) is 0 Å². The van der Waals surface area contributed by atoms with Crippen molar-refractivity contribution in [3.05, 3.63) is 71.1 Å². The van der Waals surface area contributed by atoms with Crippen LogP contribution in [0.25, 0.3) is 5.57 Å². The highest BCUT2D eigenvalue weighted by Gasteiger charge is 2.33. The molecule has 0 radical (unpaired) electrons. The molecule has 1 saturated carbocycles. The van der Waals surface area contributed by atoms with E-state index in [1.807, 2.05) is 0 Å². The molecule has 0 spiro atoms. The summed E-state index contributed by atoms with van der Waals surface area (Å²) in [6.07, 6.45) is 4.74. The van der Waals surface area contributed by atoms with Gasteiger partial charge in [-0.3, -0.25) is 0 Å². The van der Waals surface area contributed by atoms with E-state index < -0.39 is 0 Å². The summed E-state index contributed by atoms with van der Waals surface area (Å²) in [4.78, 5) is 0. The maximum absolute atomic E-state index is 4.49. The second-order valence-corrected chi connectivity index (χ2v) is 10.3. The lowest BCUT2D eigenvalue weighted by Gasteiger charge is -2.30. The summed E-state index contributed by atoms with van der Waals surface area (Å²) < 4.78 is 0. The van der Waals surface area contributed by atoms with E-state index in [1.54, 1.807) is 5.57 Å². The van der Waals surface area contributed by atoms with Crippen molar-refractivity contribution in [3.63, 3.8) is 0 Å². The summed E-state index contributed by atoms with van der Waals surface area (Å²) in [6, 6.07) is 9.11. The number of nitrogens with one attached hydrogen (secondary N) is 2. The molecular weight excluding hydrogens is 388 g/mol. The zero-order valence-electron chi connectivity index (χ0n) is 21.9. The Hall–Kier alpha value is -2.22. The van der Waals surface area contributed by atoms with Gasteiger partial charge >= 0.3 is 0 Å². The van der Waals surface area contributed by atoms with Gasteiger partial charge in [-0.1, -0.05) is 69.2 Å². The van der Waals surface area contributed by atoms with Gasteiger partial charge < -0.3 is 10.6 Å². The first kappa shape index (κ1) is 26.0. The van der Waals surface area contributed by atoms with Crippen molar-refractivity contribution in [3.8, 4) is 0 Å². The molecule has 1 aromatic rings. The van der Waals surface area contributed by atoms with Crippen LogP contribution in [0, 0.1) is 17.8 Å². The first-order valence-corrected chi connectivity index (χ1v) is 12.4. The van der Waals surface area contributed by atoms with Crippen LogP contribution in [0.15, 0.2) is 65.5 Å². The Morgan fingerprint density at radius 3 is 2.22 bits per heavy atom. The SMILES string of the molecule is C=C(C)NC(/C(C)=C1\CC(C)CC1C(=C)Nc1ccc(C(C)=C(C)C)cc1)C(C)CCC. The molecule has 2 heteroatoms. The van der Waals surface area contributed by atoms with Crippen LogP contribution in [-0.4, -0.2) is 6.04 Å². The van der Waals surface area contributed by atoms with E-state index in [9.17, 15) is 0 Å². The van der Waals surface area contributed by atoms with Crippen LogP contribution in [0.1, 0.15) is 86.6 Å². The zero-order chi connectivity index (χ0) is 24.0. The van der Waals surface area contributed by atoms with Gasteiger partial charge in [0.1, 0.15) is 0 Å². The number of anilines is 1. The average Bonchev–Trinajstić information content (AvgIpc) is 3.13. The lowest BCUT2D eigenvalue weighted by Crippen LogP contribution is -2.35. The minimum absolute atomic E-state index is 0.342. The largest absolute Gasteiger partial charge is 0.382 e. The first-order valence-electron chi connectivity index (χ1n) is 12.4. The fraction of sp³-hybridized carbons (Fsp3) is 0.533. The quantitative estimate of drug-likeness (QED) is 0.360. The van der Waals surface area contributed by atoms with E-state index in [2.05, 4.69) is 103 Å². The standard InChI is InChI=1S/C30H46N2/c1-11-12-22(7)30(31-20(4)5)24(9)28-17-21(6)18-29(28)25(10)32-27-15-13-26(14-16-27)23(8)19(2)3/h13-16,21-22,29-32H,4,10-12,17-18H2,1-3,5-9H3/b28-24+. The zero-order valence-corrected chi connectivity index (χ0v) is 21.9. The van der Waals surface area contributed by atoms with Crippen LogP contribution in [0.2, 0.25) is 0 Å². The smallest absolute Gasteiger partial charge is 0.0496 e. The molecule has 0 bridgehead atoms. The molecule has 0 saturated heterocycles. The third kappa shape index (κ3) is 6.64. The molecule has 2 N–H and O–H groups in total. The highest BCUT2D eigenvalue weighted by molar-refractivity contribution is 5.68. The summed E-state index contributed by atoms with van der Waals surface area (Å²) in [7, 11) is 0. The van der Waals surface area contributed by atoms with Gasteiger partial charge in [0.05, 0.1) is 0 Å². The third-order valence-corrected chi connectivity index (χ3v) is 7.11. The third-order valence-electron chi connectivity index (χ3n) is 7.11. The van der Waals surface area contributed by atoms with Crippen LogP contribution in [0.3, 0.4) is 0 Å². The molecule has 1 aliphatic carbocycles. The Labute approximate surface area is 198 Å². The van der Waals surface area contributed by atoms with Gasteiger partial charge in [0.15, 0.2) is 0 Å². The number of hydrogen-bond acceptors (Lipinski definition) is 2. The second kappa shape index (κ2) is 11.6. The van der Waals surface area contributed by atoms with E-state index >= 15 is 0 Å².